The number of nitrogens with zero attached hydrogens (tertiary/aromatic N) is 5. The molecule has 6 atom stereocenters. The van der Waals surface area contributed by atoms with Crippen molar-refractivity contribution in [2.75, 3.05) is 26.3 Å². The maximum atomic E-state index is 14.5. The van der Waals surface area contributed by atoms with Crippen molar-refractivity contribution in [3.05, 3.63) is 84.5 Å². The molecule has 238 valence electrons. The second-order valence-corrected chi connectivity index (χ2v) is 11.9. The molecule has 4 aliphatic heterocycles. The third-order valence-electron chi connectivity index (χ3n) is 9.22. The molecule has 0 bridgehead atoms. The maximum absolute atomic E-state index is 14.5. The molecule has 4 aliphatic rings. The fourth-order valence-electron chi connectivity index (χ4n) is 7.14. The van der Waals surface area contributed by atoms with E-state index in [1.807, 2.05) is 54.6 Å². The van der Waals surface area contributed by atoms with Crippen molar-refractivity contribution in [1.82, 2.24) is 30.1 Å². The van der Waals surface area contributed by atoms with Crippen LogP contribution in [0.25, 0.3) is 11.0 Å². The van der Waals surface area contributed by atoms with E-state index in [4.69, 9.17) is 9.47 Å². The Balaban J connectivity index is 1.26. The average molecular weight is 627 g/mol. The number of aliphatic hydroxyl groups is 1. The van der Waals surface area contributed by atoms with Gasteiger partial charge in [0.15, 0.2) is 0 Å². The molecule has 13 heteroatoms. The number of hydrogen-bond donors (Lipinski definition) is 2. The van der Waals surface area contributed by atoms with Crippen molar-refractivity contribution in [2.45, 2.75) is 43.3 Å². The molecule has 2 saturated heterocycles. The number of allylic oxidation sites excluding steroid dienone is 1. The van der Waals surface area contributed by atoms with Crippen LogP contribution < -0.4 is 5.32 Å². The molecule has 13 nitrogen and oxygen atoms in total. The Morgan fingerprint density at radius 1 is 1.00 bits per heavy atom. The van der Waals surface area contributed by atoms with Crippen LogP contribution in [0, 0.1) is 11.8 Å². The molecular formula is C33H34N6O7. The number of hydrogen-bond acceptors (Lipinski definition) is 9. The lowest BCUT2D eigenvalue weighted by Crippen LogP contribution is -2.55. The Kier molecular flexibility index (Phi) is 7.87. The number of nitrogens with one attached hydrogen (secondary N) is 1. The molecule has 1 aromatic heterocycles. The van der Waals surface area contributed by atoms with Crippen LogP contribution in [-0.4, -0.2) is 97.6 Å². The van der Waals surface area contributed by atoms with Crippen LogP contribution in [0.4, 0.5) is 0 Å². The summed E-state index contributed by atoms with van der Waals surface area (Å²) in [4.78, 5) is 58.3. The van der Waals surface area contributed by atoms with Gasteiger partial charge in [-0.3, -0.25) is 19.2 Å². The first-order valence-corrected chi connectivity index (χ1v) is 15.4. The van der Waals surface area contributed by atoms with Gasteiger partial charge in [0.05, 0.1) is 36.1 Å². The number of β-amino-alcohol motifs (C(OH)–C–C–N with tert-alkyl or cyclic N) is 1. The molecule has 7 rings (SSSR count). The fourth-order valence-corrected chi connectivity index (χ4v) is 7.14. The zero-order chi connectivity index (χ0) is 31.8. The van der Waals surface area contributed by atoms with Gasteiger partial charge in [-0.1, -0.05) is 72.0 Å². The van der Waals surface area contributed by atoms with Crippen molar-refractivity contribution in [3.63, 3.8) is 0 Å². The summed E-state index contributed by atoms with van der Waals surface area (Å²) in [5.41, 5.74) is 0.689. The summed E-state index contributed by atoms with van der Waals surface area (Å²) in [5, 5.41) is 21.4. The summed E-state index contributed by atoms with van der Waals surface area (Å²) in [6, 6.07) is 14.8. The first-order valence-electron chi connectivity index (χ1n) is 15.4. The van der Waals surface area contributed by atoms with E-state index in [-0.39, 0.29) is 39.4 Å². The third kappa shape index (κ3) is 5.05. The molecule has 0 unspecified atom stereocenters. The predicted molar refractivity (Wildman–Crippen MR) is 162 cm³/mol. The molecule has 46 heavy (non-hydrogen) atoms. The second kappa shape index (κ2) is 12.1. The number of fused-ring (bicyclic) bond motifs is 3. The number of aromatic nitrogens is 3. The number of carbonyl (C=O) groups is 4. The van der Waals surface area contributed by atoms with Gasteiger partial charge in [0.25, 0.3) is 5.91 Å². The van der Waals surface area contributed by atoms with Gasteiger partial charge in [-0.05, 0) is 24.1 Å². The fraction of sp³-hybridized carbons (Fsp3) is 0.394. The van der Waals surface area contributed by atoms with Crippen LogP contribution in [0.5, 0.6) is 0 Å². The zero-order valence-electron chi connectivity index (χ0n) is 25.0. The highest BCUT2D eigenvalue weighted by molar-refractivity contribution is 5.99. The average Bonchev–Trinajstić information content (AvgIpc) is 3.65. The van der Waals surface area contributed by atoms with E-state index in [1.165, 1.54) is 4.90 Å². The van der Waals surface area contributed by atoms with Gasteiger partial charge in [-0.15, -0.1) is 5.10 Å². The van der Waals surface area contributed by atoms with E-state index in [1.54, 1.807) is 33.9 Å². The Labute approximate surface area is 264 Å². The molecule has 2 aromatic carbocycles. The molecule has 3 amide bonds. The van der Waals surface area contributed by atoms with Gasteiger partial charge in [0.2, 0.25) is 11.8 Å². The number of para-hydroxylation sites is 1. The summed E-state index contributed by atoms with van der Waals surface area (Å²) >= 11 is 0. The molecule has 5 heterocycles. The van der Waals surface area contributed by atoms with Crippen molar-refractivity contribution in [2.24, 2.45) is 11.8 Å². The maximum Gasteiger partial charge on any atom is 0.306 e. The Morgan fingerprint density at radius 2 is 1.80 bits per heavy atom. The smallest absolute Gasteiger partial charge is 0.306 e. The van der Waals surface area contributed by atoms with Crippen LogP contribution in [0.1, 0.15) is 24.4 Å². The van der Waals surface area contributed by atoms with Gasteiger partial charge in [-0.2, -0.15) is 0 Å². The van der Waals surface area contributed by atoms with Gasteiger partial charge < -0.3 is 29.7 Å². The summed E-state index contributed by atoms with van der Waals surface area (Å²) < 4.78 is 13.8. The quantitative estimate of drug-likeness (QED) is 0.313. The topological polar surface area (TPSA) is 156 Å². The van der Waals surface area contributed by atoms with Crippen molar-refractivity contribution >= 4 is 34.7 Å². The SMILES string of the molecule is O=C1CC/C=C\[C@H]2O[C@]34C=CCN(Cn5nnc6ccccc65)C(=O)[C@H]3N(CCO)C(=O)[C@@H]4[C@H]2C(=O)N[C@H](c2ccccc2)CO1. The number of aliphatic hydroxyl groups excluding tert-OH is 1. The molecule has 0 radical (unpaired) electrons. The van der Waals surface area contributed by atoms with Gasteiger partial charge in [0.1, 0.15) is 30.4 Å². The minimum Gasteiger partial charge on any atom is -0.463 e. The van der Waals surface area contributed by atoms with Crippen LogP contribution in [0.15, 0.2) is 78.9 Å². The minimum absolute atomic E-state index is 0.0715. The van der Waals surface area contributed by atoms with Crippen LogP contribution in [0.3, 0.4) is 0 Å². The summed E-state index contributed by atoms with van der Waals surface area (Å²) in [5.74, 6) is -3.75. The summed E-state index contributed by atoms with van der Waals surface area (Å²) in [6.07, 6.45) is 6.60. The van der Waals surface area contributed by atoms with E-state index in [9.17, 15) is 24.3 Å². The Hall–Kier alpha value is -4.88. The first kappa shape index (κ1) is 29.8. The van der Waals surface area contributed by atoms with E-state index in [2.05, 4.69) is 15.6 Å². The molecule has 2 fully saturated rings. The molecule has 3 aromatic rings. The molecule has 0 aliphatic carbocycles. The van der Waals surface area contributed by atoms with Crippen LogP contribution in [0.2, 0.25) is 0 Å². The van der Waals surface area contributed by atoms with Crippen LogP contribution in [-0.2, 0) is 35.3 Å². The van der Waals surface area contributed by atoms with Gasteiger partial charge in [-0.25, -0.2) is 4.68 Å². The van der Waals surface area contributed by atoms with Crippen molar-refractivity contribution in [3.8, 4) is 0 Å². The molecule has 0 saturated carbocycles. The van der Waals surface area contributed by atoms with Crippen molar-refractivity contribution < 1.29 is 33.8 Å². The van der Waals surface area contributed by atoms with E-state index in [0.717, 1.165) is 11.1 Å². The standard InChI is InChI=1S/C33H34N6O7/c40-18-17-38-29-32(44)37(20-39-24-12-5-4-11-22(24)35-36-39)16-8-15-33(29)28(31(38)43)27-25(46-33)13-6-7-14-26(41)45-19-23(34-30(27)42)21-9-2-1-3-10-21/h1-6,8-13,15,23,25,27-29,40H,7,14,16-20H2,(H,34,42)/b13-6-/t23-,25+,27-,28-,29+,33-/m0/s1. The van der Waals surface area contributed by atoms with E-state index >= 15 is 0 Å². The highest BCUT2D eigenvalue weighted by atomic mass is 16.5. The summed E-state index contributed by atoms with van der Waals surface area (Å²) in [7, 11) is 0. The largest absolute Gasteiger partial charge is 0.463 e. The van der Waals surface area contributed by atoms with E-state index < -0.39 is 59.3 Å². The molecule has 1 spiro atoms. The number of benzene rings is 2. The lowest BCUT2D eigenvalue weighted by molar-refractivity contribution is -0.149. The predicted octanol–water partition coefficient (Wildman–Crippen LogP) is 1.11. The lowest BCUT2D eigenvalue weighted by Gasteiger charge is -2.35. The van der Waals surface area contributed by atoms with Crippen molar-refractivity contribution in [1.29, 1.82) is 0 Å². The number of esters is 1. The van der Waals surface area contributed by atoms with E-state index in [0.29, 0.717) is 11.9 Å². The number of ether oxygens (including phenoxy) is 2. The lowest BCUT2D eigenvalue weighted by atomic mass is 9.77. The monoisotopic (exact) mass is 626 g/mol. The van der Waals surface area contributed by atoms with Crippen LogP contribution >= 0.6 is 0 Å². The normalized spacial score (nSPS) is 30.5. The minimum atomic E-state index is -1.48. The molecule has 2 N–H and O–H groups in total. The number of cyclic esters (lactones) is 1. The Morgan fingerprint density at radius 3 is 2.63 bits per heavy atom. The number of likely N-dealkylation sites (tertiary alicyclic amines) is 1. The number of amides is 3. The zero-order valence-corrected chi connectivity index (χ0v) is 25.0. The summed E-state index contributed by atoms with van der Waals surface area (Å²) in [6.45, 7) is -0.291. The second-order valence-electron chi connectivity index (χ2n) is 11.9. The van der Waals surface area contributed by atoms with Gasteiger partial charge in [0, 0.05) is 19.5 Å². The van der Waals surface area contributed by atoms with Gasteiger partial charge >= 0.3 is 5.97 Å². The third-order valence-corrected chi connectivity index (χ3v) is 9.22. The Bertz CT molecular complexity index is 1720. The number of rotatable bonds is 5. The highest BCUT2D eigenvalue weighted by Gasteiger charge is 2.71. The highest BCUT2D eigenvalue weighted by Crippen LogP contribution is 2.52. The number of carbonyl (C=O) groups excluding carboxylic acids is 4. The first-order chi connectivity index (χ1) is 22.4. The molecular weight excluding hydrogens is 592 g/mol.